The van der Waals surface area contributed by atoms with Crippen LogP contribution in [0.15, 0.2) is 36.5 Å². The average Bonchev–Trinajstić information content (AvgIpc) is 2.50. The Balaban J connectivity index is 3.30. The summed E-state index contributed by atoms with van der Waals surface area (Å²) >= 11 is 0. The summed E-state index contributed by atoms with van der Waals surface area (Å²) in [5.74, 6) is -0.0997. The lowest BCUT2D eigenvalue weighted by molar-refractivity contribution is -0.140. The largest absolute Gasteiger partial charge is 0.469 e. The van der Waals surface area contributed by atoms with Gasteiger partial charge in [-0.15, -0.1) is 0 Å². The van der Waals surface area contributed by atoms with E-state index in [4.69, 9.17) is 5.11 Å². The minimum absolute atomic E-state index is 0.0997. The summed E-state index contributed by atoms with van der Waals surface area (Å²) in [6.07, 6.45) is 21.4. The molecule has 0 saturated carbocycles. The zero-order valence-corrected chi connectivity index (χ0v) is 14.2. The van der Waals surface area contributed by atoms with Gasteiger partial charge in [0.1, 0.15) is 0 Å². The molecule has 0 saturated heterocycles. The Morgan fingerprint density at radius 2 is 1.55 bits per heavy atom. The van der Waals surface area contributed by atoms with Gasteiger partial charge >= 0.3 is 5.97 Å². The third-order valence-corrected chi connectivity index (χ3v) is 3.27. The molecule has 0 radical (unpaired) electrons. The number of carbonyl (C=O) groups is 1. The lowest BCUT2D eigenvalue weighted by Gasteiger charge is -1.99. The molecule has 0 fully saturated rings. The first-order valence-corrected chi connectivity index (χ1v) is 8.38. The van der Waals surface area contributed by atoms with Crippen molar-refractivity contribution in [2.24, 2.45) is 0 Å². The van der Waals surface area contributed by atoms with Crippen LogP contribution < -0.4 is 0 Å². The smallest absolute Gasteiger partial charge is 0.305 e. The highest BCUT2D eigenvalue weighted by molar-refractivity contribution is 5.68. The van der Waals surface area contributed by atoms with E-state index in [2.05, 4.69) is 29.0 Å². The van der Waals surface area contributed by atoms with Gasteiger partial charge in [0.15, 0.2) is 0 Å². The highest BCUT2D eigenvalue weighted by atomic mass is 16.5. The summed E-state index contributed by atoms with van der Waals surface area (Å²) in [6, 6.07) is 0. The number of aliphatic hydroxyl groups excluding tert-OH is 1. The van der Waals surface area contributed by atoms with E-state index in [-0.39, 0.29) is 12.1 Å². The topological polar surface area (TPSA) is 46.5 Å². The zero-order chi connectivity index (χ0) is 16.5. The lowest BCUT2D eigenvalue weighted by atomic mass is 10.1. The first-order chi connectivity index (χ1) is 10.7. The van der Waals surface area contributed by atoms with Gasteiger partial charge in [-0.2, -0.15) is 0 Å². The molecule has 0 aromatic carbocycles. The van der Waals surface area contributed by atoms with Crippen molar-refractivity contribution in [2.75, 3.05) is 7.11 Å². The third-order valence-electron chi connectivity index (χ3n) is 3.27. The maximum absolute atomic E-state index is 10.9. The van der Waals surface area contributed by atoms with Crippen molar-refractivity contribution in [1.29, 1.82) is 0 Å². The van der Waals surface area contributed by atoms with Crippen LogP contribution in [-0.4, -0.2) is 24.3 Å². The van der Waals surface area contributed by atoms with Crippen LogP contribution in [0.3, 0.4) is 0 Å². The Morgan fingerprint density at radius 3 is 2.23 bits per heavy atom. The Kier molecular flexibility index (Phi) is 15.0. The second-order valence-corrected chi connectivity index (χ2v) is 5.47. The number of hydrogen-bond acceptors (Lipinski definition) is 3. The fraction of sp³-hybridized carbons (Fsp3) is 0.632. The normalized spacial score (nSPS) is 13.4. The molecule has 0 aliphatic carbocycles. The summed E-state index contributed by atoms with van der Waals surface area (Å²) < 4.78 is 4.61. The molecule has 0 aliphatic heterocycles. The fourth-order valence-corrected chi connectivity index (χ4v) is 2.00. The molecule has 0 spiro atoms. The van der Waals surface area contributed by atoms with E-state index in [0.29, 0.717) is 6.42 Å². The van der Waals surface area contributed by atoms with Gasteiger partial charge in [-0.3, -0.25) is 4.79 Å². The number of ether oxygens (including phenoxy) is 1. The molecule has 0 aromatic heterocycles. The minimum atomic E-state index is -0.353. The number of hydrogen-bond donors (Lipinski definition) is 1. The molecule has 22 heavy (non-hydrogen) atoms. The summed E-state index contributed by atoms with van der Waals surface area (Å²) in [6.45, 7) is 1.75. The molecule has 0 unspecified atom stereocenters. The molecule has 0 bridgehead atoms. The van der Waals surface area contributed by atoms with Crippen LogP contribution in [0.5, 0.6) is 0 Å². The maximum Gasteiger partial charge on any atom is 0.305 e. The van der Waals surface area contributed by atoms with Crippen LogP contribution in [0, 0.1) is 0 Å². The van der Waals surface area contributed by atoms with Crippen molar-refractivity contribution < 1.29 is 14.6 Å². The predicted octanol–water partition coefficient (Wildman–Crippen LogP) is 4.72. The number of aliphatic hydroxyl groups is 1. The van der Waals surface area contributed by atoms with E-state index in [1.54, 1.807) is 13.0 Å². The summed E-state index contributed by atoms with van der Waals surface area (Å²) in [7, 11) is 1.44. The van der Waals surface area contributed by atoms with Crippen LogP contribution in [0.4, 0.5) is 0 Å². The van der Waals surface area contributed by atoms with Gasteiger partial charge in [0.25, 0.3) is 0 Å². The number of methoxy groups -OCH3 is 1. The molecule has 3 nitrogen and oxygen atoms in total. The van der Waals surface area contributed by atoms with Gasteiger partial charge in [-0.25, -0.2) is 0 Å². The number of carbonyl (C=O) groups excluding carboxylic acids is 1. The first kappa shape index (κ1) is 20.6. The number of esters is 1. The van der Waals surface area contributed by atoms with E-state index in [9.17, 15) is 4.79 Å². The van der Waals surface area contributed by atoms with Crippen molar-refractivity contribution in [3.05, 3.63) is 36.5 Å². The van der Waals surface area contributed by atoms with Crippen molar-refractivity contribution in [3.63, 3.8) is 0 Å². The van der Waals surface area contributed by atoms with Crippen molar-refractivity contribution in [1.82, 2.24) is 0 Å². The molecule has 126 valence electrons. The van der Waals surface area contributed by atoms with E-state index >= 15 is 0 Å². The maximum atomic E-state index is 10.9. The molecule has 1 N–H and O–H groups in total. The molecule has 0 aliphatic rings. The highest BCUT2D eigenvalue weighted by Gasteiger charge is 1.98. The van der Waals surface area contributed by atoms with Crippen LogP contribution in [-0.2, 0) is 9.53 Å². The van der Waals surface area contributed by atoms with E-state index in [1.165, 1.54) is 26.4 Å². The Bertz CT molecular complexity index is 341. The van der Waals surface area contributed by atoms with E-state index in [1.807, 2.05) is 6.08 Å². The quantitative estimate of drug-likeness (QED) is 0.304. The summed E-state index contributed by atoms with van der Waals surface area (Å²) in [4.78, 5) is 10.9. The third kappa shape index (κ3) is 16.7. The van der Waals surface area contributed by atoms with Crippen LogP contribution >= 0.6 is 0 Å². The van der Waals surface area contributed by atoms with Gasteiger partial charge in [0.2, 0.25) is 0 Å². The highest BCUT2D eigenvalue weighted by Crippen LogP contribution is 2.08. The predicted molar refractivity (Wildman–Crippen MR) is 92.7 cm³/mol. The number of unbranched alkanes of at least 4 members (excludes halogenated alkanes) is 5. The van der Waals surface area contributed by atoms with Crippen LogP contribution in [0.1, 0.15) is 64.7 Å². The van der Waals surface area contributed by atoms with E-state index < -0.39 is 0 Å². The lowest BCUT2D eigenvalue weighted by Crippen LogP contribution is -1.98. The molecule has 3 heteroatoms. The molecule has 1 atom stereocenters. The number of rotatable bonds is 13. The van der Waals surface area contributed by atoms with Gasteiger partial charge < -0.3 is 9.84 Å². The van der Waals surface area contributed by atoms with Gasteiger partial charge in [0, 0.05) is 6.42 Å². The first-order valence-electron chi connectivity index (χ1n) is 8.38. The van der Waals surface area contributed by atoms with Crippen LogP contribution in [0.25, 0.3) is 0 Å². The summed E-state index contributed by atoms with van der Waals surface area (Å²) in [5.41, 5.74) is 0. The van der Waals surface area contributed by atoms with Gasteiger partial charge in [-0.05, 0) is 39.0 Å². The molecule has 0 rings (SSSR count). The molecular formula is C19H32O3. The average molecular weight is 308 g/mol. The van der Waals surface area contributed by atoms with Gasteiger partial charge in [0.05, 0.1) is 13.2 Å². The van der Waals surface area contributed by atoms with Crippen molar-refractivity contribution in [2.45, 2.75) is 70.8 Å². The standard InChI is InChI=1S/C19H32O3/c1-18(20)16-14-12-10-8-6-4-3-5-7-9-11-13-15-17-19(21)22-2/h3-4,8,10,14,16,18,20H,5-7,9,11-13,15,17H2,1-2H3/b4-3-,10-8-,16-14-/t18-/m0/s1. The Morgan fingerprint density at radius 1 is 0.955 bits per heavy atom. The molecular weight excluding hydrogens is 276 g/mol. The van der Waals surface area contributed by atoms with Crippen molar-refractivity contribution >= 4 is 5.97 Å². The fourth-order valence-electron chi connectivity index (χ4n) is 2.00. The SMILES string of the molecule is COC(=O)CCCCCCC/C=C\C/C=C\C/C=C\[C@H](C)O. The van der Waals surface area contributed by atoms with Crippen LogP contribution in [0.2, 0.25) is 0 Å². The van der Waals surface area contributed by atoms with Gasteiger partial charge in [-0.1, -0.05) is 55.7 Å². The van der Waals surface area contributed by atoms with E-state index in [0.717, 1.165) is 32.1 Å². The number of allylic oxidation sites excluding steroid dienone is 5. The molecule has 0 amide bonds. The minimum Gasteiger partial charge on any atom is -0.469 e. The molecule has 0 heterocycles. The second kappa shape index (κ2) is 16.0. The van der Waals surface area contributed by atoms with Crippen molar-refractivity contribution in [3.8, 4) is 0 Å². The molecule has 0 aromatic rings. The Labute approximate surface area is 135 Å². The Hall–Kier alpha value is -1.35. The zero-order valence-electron chi connectivity index (χ0n) is 14.2. The second-order valence-electron chi connectivity index (χ2n) is 5.47. The summed E-state index contributed by atoms with van der Waals surface area (Å²) in [5, 5.41) is 9.04. The monoisotopic (exact) mass is 308 g/mol.